The molecule has 0 saturated heterocycles. The molecule has 154 valence electrons. The van der Waals surface area contributed by atoms with Gasteiger partial charge in [0.2, 0.25) is 0 Å². The summed E-state index contributed by atoms with van der Waals surface area (Å²) in [7, 11) is 0. The quantitative estimate of drug-likeness (QED) is 0.541. The first kappa shape index (κ1) is 22.5. The van der Waals surface area contributed by atoms with Gasteiger partial charge in [-0.1, -0.05) is 0 Å². The van der Waals surface area contributed by atoms with Gasteiger partial charge in [0.15, 0.2) is 0 Å². The van der Waals surface area contributed by atoms with Gasteiger partial charge in [-0.05, 0) is 0 Å². The van der Waals surface area contributed by atoms with Crippen molar-refractivity contribution in [2.45, 2.75) is 67.6 Å². The molecule has 28 heavy (non-hydrogen) atoms. The van der Waals surface area contributed by atoms with Crippen molar-refractivity contribution in [2.75, 3.05) is 4.90 Å². The molecule has 2 rings (SSSR count). The molecule has 0 N–H and O–H groups in total. The number of rotatable bonds is 2. The Balaban J connectivity index is 2.61. The topological polar surface area (TPSA) is 81.9 Å². The zero-order valence-corrected chi connectivity index (χ0v) is 21.0. The number of pyridine rings is 1. The summed E-state index contributed by atoms with van der Waals surface area (Å²) in [5.41, 5.74) is -1.20. The molecule has 2 aromatic rings. The number of hydrogen-bond donors (Lipinski definition) is 0. The molecule has 2 aromatic heterocycles. The normalized spacial score (nSPS) is 12.8. The van der Waals surface area contributed by atoms with Gasteiger partial charge in [0, 0.05) is 0 Å². The Morgan fingerprint density at radius 1 is 1.00 bits per heavy atom. The van der Waals surface area contributed by atoms with E-state index in [0.29, 0.717) is 5.58 Å². The van der Waals surface area contributed by atoms with Crippen molar-refractivity contribution in [3.63, 3.8) is 0 Å². The molecule has 0 bridgehead atoms. The minimum absolute atomic E-state index is 0.0720. The molecule has 0 spiro atoms. The van der Waals surface area contributed by atoms with Crippen LogP contribution < -0.4 is 8.68 Å². The van der Waals surface area contributed by atoms with Gasteiger partial charge in [-0.2, -0.15) is 0 Å². The third-order valence-corrected chi connectivity index (χ3v) is 8.44. The van der Waals surface area contributed by atoms with Crippen molar-refractivity contribution < 1.29 is 23.5 Å². The Morgan fingerprint density at radius 2 is 1.50 bits per heavy atom. The van der Waals surface area contributed by atoms with Crippen LogP contribution in [0.5, 0.6) is 0 Å². The van der Waals surface area contributed by atoms with Crippen LogP contribution >= 0.6 is 0 Å². The summed E-state index contributed by atoms with van der Waals surface area (Å²) in [6.07, 6.45) is -0.186. The molecule has 0 saturated carbocycles. The van der Waals surface area contributed by atoms with Gasteiger partial charge in [-0.15, -0.1) is 0 Å². The van der Waals surface area contributed by atoms with Gasteiger partial charge in [0.25, 0.3) is 0 Å². The molecule has 0 aliphatic carbocycles. The number of fused-ring (bicyclic) bond motifs is 1. The van der Waals surface area contributed by atoms with Crippen LogP contribution in [-0.4, -0.2) is 46.7 Å². The maximum atomic E-state index is 12.9. The number of ether oxygens (including phenoxy) is 2. The number of anilines is 1. The standard InChI is InChI=1S/C17H21N2O5.3CH3.Sn/c1-16(2,3)23-14(20)19(15(21)24-17(4,5)6)13-12-11(7-9-18-13)8-10-22-12;;;;/h7-9H,1-6H3;3*1H3;. The number of carbonyl (C=O) groups excluding carboxylic acids is 2. The van der Waals surface area contributed by atoms with Crippen molar-refractivity contribution in [2.24, 2.45) is 0 Å². The average molecular weight is 497 g/mol. The van der Waals surface area contributed by atoms with E-state index in [9.17, 15) is 9.59 Å². The Morgan fingerprint density at radius 3 is 1.93 bits per heavy atom. The molecule has 7 nitrogen and oxygen atoms in total. The summed E-state index contributed by atoms with van der Waals surface area (Å²) in [5, 5.41) is 0.781. The number of nitrogens with zero attached hydrogens (tertiary/aromatic N) is 2. The molecule has 0 aliphatic rings. The molecule has 0 atom stereocenters. The summed E-state index contributed by atoms with van der Waals surface area (Å²) in [6.45, 7) is 10.4. The predicted octanol–water partition coefficient (Wildman–Crippen LogP) is 5.05. The predicted molar refractivity (Wildman–Crippen MR) is 112 cm³/mol. The van der Waals surface area contributed by atoms with E-state index in [0.717, 1.165) is 14.1 Å². The Labute approximate surface area is 170 Å². The fourth-order valence-corrected chi connectivity index (χ4v) is 5.19. The van der Waals surface area contributed by atoms with E-state index in [-0.39, 0.29) is 5.82 Å². The van der Waals surface area contributed by atoms with Gasteiger partial charge >= 0.3 is 170 Å². The average Bonchev–Trinajstić information content (AvgIpc) is 2.88. The minimum atomic E-state index is -2.52. The van der Waals surface area contributed by atoms with E-state index in [2.05, 4.69) is 19.8 Å². The van der Waals surface area contributed by atoms with Crippen LogP contribution in [-0.2, 0) is 9.47 Å². The second-order valence-electron chi connectivity index (χ2n) is 9.71. The van der Waals surface area contributed by atoms with Crippen LogP contribution in [0.3, 0.4) is 0 Å². The number of carbonyl (C=O) groups is 2. The fraction of sp³-hybridized carbons (Fsp3) is 0.550. The molecule has 0 aliphatic heterocycles. The summed E-state index contributed by atoms with van der Waals surface area (Å²) in [5.74, 6) is 0.0720. The molecule has 2 heterocycles. The van der Waals surface area contributed by atoms with Gasteiger partial charge in [-0.3, -0.25) is 0 Å². The van der Waals surface area contributed by atoms with Crippen LogP contribution in [0.4, 0.5) is 15.4 Å². The Hall–Kier alpha value is -1.77. The fourth-order valence-electron chi connectivity index (χ4n) is 2.34. The number of hydrogen-bond acceptors (Lipinski definition) is 6. The van der Waals surface area contributed by atoms with Crippen LogP contribution in [0.25, 0.3) is 11.0 Å². The van der Waals surface area contributed by atoms with Crippen LogP contribution in [0, 0.1) is 0 Å². The van der Waals surface area contributed by atoms with E-state index in [4.69, 9.17) is 13.9 Å². The zero-order chi connectivity index (χ0) is 21.5. The third-order valence-electron chi connectivity index (χ3n) is 3.52. The van der Waals surface area contributed by atoms with Crippen molar-refractivity contribution in [3.05, 3.63) is 18.3 Å². The van der Waals surface area contributed by atoms with Crippen LogP contribution in [0.2, 0.25) is 14.8 Å². The second kappa shape index (κ2) is 7.57. The monoisotopic (exact) mass is 498 g/mol. The van der Waals surface area contributed by atoms with Gasteiger partial charge < -0.3 is 0 Å². The Bertz CT molecular complexity index is 857. The number of imide groups is 1. The molecule has 0 fully saturated rings. The first-order valence-electron chi connectivity index (χ1n) is 9.23. The molecular weight excluding hydrogens is 467 g/mol. The number of aromatic nitrogens is 1. The second-order valence-corrected chi connectivity index (χ2v) is 24.0. The van der Waals surface area contributed by atoms with Crippen LogP contribution in [0.15, 0.2) is 22.7 Å². The summed E-state index contributed by atoms with van der Waals surface area (Å²) in [6, 6.07) is 3.77. The molecule has 8 heteroatoms. The molecule has 0 aromatic carbocycles. The van der Waals surface area contributed by atoms with Crippen LogP contribution in [0.1, 0.15) is 41.5 Å². The van der Waals surface area contributed by atoms with Crippen molar-refractivity contribution in [3.8, 4) is 0 Å². The van der Waals surface area contributed by atoms with E-state index in [1.165, 1.54) is 6.20 Å². The molecule has 2 amide bonds. The first-order chi connectivity index (χ1) is 12.6. The molecule has 0 radical (unpaired) electrons. The van der Waals surface area contributed by atoms with Crippen molar-refractivity contribution in [1.29, 1.82) is 0 Å². The summed E-state index contributed by atoms with van der Waals surface area (Å²) >= 11 is -2.52. The van der Waals surface area contributed by atoms with E-state index >= 15 is 0 Å². The number of amides is 2. The number of furan rings is 1. The Kier molecular flexibility index (Phi) is 6.09. The van der Waals surface area contributed by atoms with E-state index < -0.39 is 41.8 Å². The van der Waals surface area contributed by atoms with E-state index in [1.807, 2.05) is 6.07 Å². The third kappa shape index (κ3) is 5.62. The van der Waals surface area contributed by atoms with Gasteiger partial charge in [0.05, 0.1) is 0 Å². The van der Waals surface area contributed by atoms with Gasteiger partial charge in [0.1, 0.15) is 0 Å². The summed E-state index contributed by atoms with van der Waals surface area (Å²) < 4.78 is 17.9. The molecule has 0 unspecified atom stereocenters. The summed E-state index contributed by atoms with van der Waals surface area (Å²) in [4.78, 5) is 37.5. The van der Waals surface area contributed by atoms with Crippen molar-refractivity contribution in [1.82, 2.24) is 4.98 Å². The van der Waals surface area contributed by atoms with Gasteiger partial charge in [-0.25, -0.2) is 0 Å². The SMILES string of the molecule is CC(C)(C)OC(=O)N(C(=O)OC(C)(C)C)c1nccc2c[c]([Sn]([CH3])([CH3])[CH3])oc12. The zero-order valence-electron chi connectivity index (χ0n) is 18.2. The maximum absolute atomic E-state index is 12.9. The van der Waals surface area contributed by atoms with E-state index in [1.54, 1.807) is 47.6 Å². The molecular formula is C20H30N2O5Sn. The van der Waals surface area contributed by atoms with Crippen molar-refractivity contribution >= 4 is 51.1 Å². The first-order valence-corrected chi connectivity index (χ1v) is 19.2.